The van der Waals surface area contributed by atoms with Crippen LogP contribution in [0.25, 0.3) is 0 Å². The van der Waals surface area contributed by atoms with Crippen LogP contribution in [0.2, 0.25) is 10.0 Å². The van der Waals surface area contributed by atoms with Gasteiger partial charge < -0.3 is 20.2 Å². The van der Waals surface area contributed by atoms with E-state index in [1.54, 1.807) is 12.1 Å². The number of anilines is 2. The number of piperazine rings is 1. The number of aromatic hydroxyl groups is 1. The van der Waals surface area contributed by atoms with Crippen molar-refractivity contribution in [3.8, 4) is 5.75 Å². The second kappa shape index (κ2) is 9.84. The average Bonchev–Trinajstić information content (AvgIpc) is 3.18. The summed E-state index contributed by atoms with van der Waals surface area (Å²) in [7, 11) is 0. The van der Waals surface area contributed by atoms with Crippen molar-refractivity contribution in [2.45, 2.75) is 13.3 Å². The predicted octanol–water partition coefficient (Wildman–Crippen LogP) is 4.69. The van der Waals surface area contributed by atoms with Gasteiger partial charge in [-0.3, -0.25) is 9.69 Å². The molecule has 2 aliphatic heterocycles. The largest absolute Gasteiger partial charge is 0.506 e. The first kappa shape index (κ1) is 23.7. The molecule has 0 radical (unpaired) electrons. The van der Waals surface area contributed by atoms with Gasteiger partial charge in [-0.2, -0.15) is 0 Å². The van der Waals surface area contributed by atoms with E-state index in [0.717, 1.165) is 62.1 Å². The molecule has 176 valence electrons. The molecule has 2 aliphatic rings. The fraction of sp³-hybridized carbons (Fsp3) is 0.400. The highest BCUT2D eigenvalue weighted by molar-refractivity contribution is 6.32. The Labute approximate surface area is 205 Å². The molecule has 1 atom stereocenters. The molecule has 2 aromatic carbocycles. The number of phenols is 1. The Morgan fingerprint density at radius 1 is 1.12 bits per heavy atom. The molecule has 2 aromatic rings. The minimum absolute atomic E-state index is 0.000156. The van der Waals surface area contributed by atoms with Gasteiger partial charge in [0.25, 0.3) is 0 Å². The van der Waals surface area contributed by atoms with Gasteiger partial charge in [0.2, 0.25) is 5.91 Å². The van der Waals surface area contributed by atoms with Crippen molar-refractivity contribution in [2.24, 2.45) is 5.41 Å². The average molecular weight is 489 g/mol. The van der Waals surface area contributed by atoms with E-state index in [4.69, 9.17) is 23.2 Å². The Balaban J connectivity index is 1.27. The van der Waals surface area contributed by atoms with Crippen molar-refractivity contribution in [3.63, 3.8) is 0 Å². The number of hydrogen-bond donors (Lipinski definition) is 2. The molecule has 0 aliphatic carbocycles. The summed E-state index contributed by atoms with van der Waals surface area (Å²) in [5, 5.41) is 13.5. The van der Waals surface area contributed by atoms with Gasteiger partial charge in [-0.15, -0.1) is 0 Å². The summed E-state index contributed by atoms with van der Waals surface area (Å²) in [5.41, 5.74) is 2.35. The van der Waals surface area contributed by atoms with Gasteiger partial charge in [0.1, 0.15) is 5.75 Å². The predicted molar refractivity (Wildman–Crippen MR) is 135 cm³/mol. The van der Waals surface area contributed by atoms with Crippen LogP contribution in [0.3, 0.4) is 0 Å². The van der Waals surface area contributed by atoms with E-state index in [2.05, 4.69) is 32.7 Å². The van der Waals surface area contributed by atoms with Crippen molar-refractivity contribution in [1.82, 2.24) is 9.80 Å². The monoisotopic (exact) mass is 488 g/mol. The molecule has 33 heavy (non-hydrogen) atoms. The molecular weight excluding hydrogens is 459 g/mol. The topological polar surface area (TPSA) is 59.1 Å². The van der Waals surface area contributed by atoms with Crippen LogP contribution in [0.5, 0.6) is 5.75 Å². The number of phenolic OH excluding ortho intramolecular Hbond substituents is 1. The van der Waals surface area contributed by atoms with Crippen LogP contribution >= 0.6 is 23.2 Å². The second-order valence-electron chi connectivity index (χ2n) is 9.16. The van der Waals surface area contributed by atoms with Crippen LogP contribution in [0.15, 0.2) is 54.7 Å². The first-order valence-electron chi connectivity index (χ1n) is 11.2. The van der Waals surface area contributed by atoms with Crippen molar-refractivity contribution in [3.05, 3.63) is 64.8 Å². The maximum Gasteiger partial charge on any atom is 0.231 e. The van der Waals surface area contributed by atoms with Crippen molar-refractivity contribution < 1.29 is 9.90 Å². The first-order valence-corrected chi connectivity index (χ1v) is 11.9. The van der Waals surface area contributed by atoms with Gasteiger partial charge in [-0.05, 0) is 56.3 Å². The van der Waals surface area contributed by atoms with Gasteiger partial charge in [0.15, 0.2) is 0 Å². The molecule has 2 N–H and O–H groups in total. The molecule has 2 heterocycles. The summed E-state index contributed by atoms with van der Waals surface area (Å²) in [6.45, 7) is 12.3. The van der Waals surface area contributed by atoms with Crippen LogP contribution in [0.1, 0.15) is 13.3 Å². The first-order chi connectivity index (χ1) is 15.7. The Morgan fingerprint density at radius 2 is 1.88 bits per heavy atom. The molecule has 8 heteroatoms. The Bertz CT molecular complexity index is 1040. The van der Waals surface area contributed by atoms with Gasteiger partial charge >= 0.3 is 0 Å². The summed E-state index contributed by atoms with van der Waals surface area (Å²) >= 11 is 12.1. The highest BCUT2D eigenvalue weighted by atomic mass is 35.5. The fourth-order valence-corrected chi connectivity index (χ4v) is 4.92. The lowest BCUT2D eigenvalue weighted by Crippen LogP contribution is -2.47. The van der Waals surface area contributed by atoms with E-state index in [-0.39, 0.29) is 16.7 Å². The zero-order valence-electron chi connectivity index (χ0n) is 18.9. The number of nitrogens with one attached hydrogen (secondary N) is 1. The SMILES string of the molecule is C=C(CN1CCC(C)(C(=O)Nc2ccc(O)c(Cl)c2)C1)N1CCN(c2cccc(Cl)c2)CC1. The van der Waals surface area contributed by atoms with Crippen molar-refractivity contribution >= 4 is 40.5 Å². The number of amides is 1. The third kappa shape index (κ3) is 5.57. The molecule has 1 amide bonds. The summed E-state index contributed by atoms with van der Waals surface area (Å²) in [6, 6.07) is 12.7. The second-order valence-corrected chi connectivity index (χ2v) is 10.0. The molecule has 0 aromatic heterocycles. The maximum atomic E-state index is 13.0. The smallest absolute Gasteiger partial charge is 0.231 e. The number of carbonyl (C=O) groups excluding carboxylic acids is 1. The molecule has 0 saturated carbocycles. The lowest BCUT2D eigenvalue weighted by molar-refractivity contribution is -0.124. The highest BCUT2D eigenvalue weighted by Crippen LogP contribution is 2.33. The number of carbonyl (C=O) groups is 1. The van der Waals surface area contributed by atoms with Gasteiger partial charge in [0, 0.05) is 61.4 Å². The number of rotatable bonds is 6. The lowest BCUT2D eigenvalue weighted by Gasteiger charge is -2.39. The van der Waals surface area contributed by atoms with Crippen LogP contribution in [-0.2, 0) is 4.79 Å². The number of hydrogen-bond acceptors (Lipinski definition) is 5. The molecule has 2 saturated heterocycles. The summed E-state index contributed by atoms with van der Waals surface area (Å²) in [4.78, 5) is 20.0. The highest BCUT2D eigenvalue weighted by Gasteiger charge is 2.40. The lowest BCUT2D eigenvalue weighted by atomic mass is 9.88. The van der Waals surface area contributed by atoms with Crippen LogP contribution in [-0.4, -0.2) is 66.6 Å². The third-order valence-electron chi connectivity index (χ3n) is 6.61. The number of nitrogens with zero attached hydrogens (tertiary/aromatic N) is 3. The number of benzene rings is 2. The van der Waals surface area contributed by atoms with E-state index in [0.29, 0.717) is 12.2 Å². The Kier molecular flexibility index (Phi) is 7.07. The zero-order valence-corrected chi connectivity index (χ0v) is 20.4. The van der Waals surface area contributed by atoms with Crippen molar-refractivity contribution in [1.29, 1.82) is 0 Å². The van der Waals surface area contributed by atoms with E-state index in [1.165, 1.54) is 6.07 Å². The summed E-state index contributed by atoms with van der Waals surface area (Å²) in [5.74, 6) is -0.0349. The normalized spacial score (nSPS) is 21.3. The fourth-order valence-electron chi connectivity index (χ4n) is 4.56. The van der Waals surface area contributed by atoms with Crippen LogP contribution < -0.4 is 10.2 Å². The minimum Gasteiger partial charge on any atom is -0.506 e. The van der Waals surface area contributed by atoms with E-state index >= 15 is 0 Å². The maximum absolute atomic E-state index is 13.0. The third-order valence-corrected chi connectivity index (χ3v) is 7.15. The van der Waals surface area contributed by atoms with Crippen LogP contribution in [0.4, 0.5) is 11.4 Å². The molecule has 1 unspecified atom stereocenters. The standard InChI is InChI=1S/C25H30Cl2N4O2/c1-18(30-10-12-31(13-11-30)21-5-3-4-19(26)14-21)16-29-9-8-25(2,17-29)24(33)28-20-6-7-23(32)22(27)15-20/h3-7,14-15,32H,1,8-13,16-17H2,2H3,(H,28,33). The molecule has 6 nitrogen and oxygen atoms in total. The zero-order chi connectivity index (χ0) is 23.6. The molecule has 0 spiro atoms. The summed E-state index contributed by atoms with van der Waals surface area (Å²) in [6.07, 6.45) is 0.778. The number of halogens is 2. The van der Waals surface area contributed by atoms with E-state index in [1.807, 2.05) is 25.1 Å². The van der Waals surface area contributed by atoms with Crippen molar-refractivity contribution in [2.75, 3.05) is 56.0 Å². The summed E-state index contributed by atoms with van der Waals surface area (Å²) < 4.78 is 0. The molecule has 0 bridgehead atoms. The Morgan fingerprint density at radius 3 is 2.58 bits per heavy atom. The molecular formula is C25H30Cl2N4O2. The van der Waals surface area contributed by atoms with Gasteiger partial charge in [-0.25, -0.2) is 0 Å². The van der Waals surface area contributed by atoms with E-state index < -0.39 is 5.41 Å². The Hall–Kier alpha value is -2.41. The minimum atomic E-state index is -0.490. The molecule has 4 rings (SSSR count). The molecule has 2 fully saturated rings. The quantitative estimate of drug-likeness (QED) is 0.577. The van der Waals surface area contributed by atoms with Gasteiger partial charge in [-0.1, -0.05) is 35.8 Å². The van der Waals surface area contributed by atoms with E-state index in [9.17, 15) is 9.90 Å². The number of likely N-dealkylation sites (tertiary alicyclic amines) is 1. The van der Waals surface area contributed by atoms with Gasteiger partial charge in [0.05, 0.1) is 10.4 Å². The van der Waals surface area contributed by atoms with Crippen LogP contribution in [0, 0.1) is 5.41 Å².